The number of para-hydroxylation sites is 1. The maximum atomic E-state index is 12.4. The van der Waals surface area contributed by atoms with Crippen molar-refractivity contribution >= 4 is 17.5 Å². The molecule has 1 amide bonds. The van der Waals surface area contributed by atoms with Crippen LogP contribution in [-0.2, 0) is 6.42 Å². The molecule has 26 heavy (non-hydrogen) atoms. The Morgan fingerprint density at radius 2 is 2.08 bits per heavy atom. The van der Waals surface area contributed by atoms with E-state index < -0.39 is 0 Å². The van der Waals surface area contributed by atoms with Crippen molar-refractivity contribution in [1.82, 2.24) is 15.3 Å². The summed E-state index contributed by atoms with van der Waals surface area (Å²) in [6, 6.07) is 9.69. The summed E-state index contributed by atoms with van der Waals surface area (Å²) >= 11 is 0. The van der Waals surface area contributed by atoms with Crippen LogP contribution in [0.3, 0.4) is 0 Å². The zero-order valence-electron chi connectivity index (χ0n) is 15.3. The number of benzene rings is 1. The van der Waals surface area contributed by atoms with Crippen LogP contribution in [0.2, 0.25) is 0 Å². The Morgan fingerprint density at radius 1 is 1.19 bits per heavy atom. The zero-order chi connectivity index (χ0) is 18.2. The molecule has 0 atom stereocenters. The molecule has 5 heteroatoms. The molecule has 136 valence electrons. The minimum absolute atomic E-state index is 0.157. The third kappa shape index (κ3) is 4.91. The van der Waals surface area contributed by atoms with E-state index >= 15 is 0 Å². The van der Waals surface area contributed by atoms with Crippen LogP contribution in [0.15, 0.2) is 48.2 Å². The first-order valence-electron chi connectivity index (χ1n) is 9.40. The number of aryl methyl sites for hydroxylation is 1. The highest BCUT2D eigenvalue weighted by atomic mass is 16.1. The van der Waals surface area contributed by atoms with Crippen LogP contribution in [0.25, 0.3) is 0 Å². The van der Waals surface area contributed by atoms with E-state index in [9.17, 15) is 4.79 Å². The van der Waals surface area contributed by atoms with E-state index in [1.165, 1.54) is 30.4 Å². The predicted molar refractivity (Wildman–Crippen MR) is 105 cm³/mol. The van der Waals surface area contributed by atoms with Gasteiger partial charge in [0, 0.05) is 18.4 Å². The topological polar surface area (TPSA) is 66.9 Å². The molecule has 5 nitrogen and oxygen atoms in total. The maximum absolute atomic E-state index is 12.4. The minimum atomic E-state index is -0.157. The highest BCUT2D eigenvalue weighted by Crippen LogP contribution is 2.20. The van der Waals surface area contributed by atoms with Gasteiger partial charge in [0.05, 0.1) is 0 Å². The van der Waals surface area contributed by atoms with Gasteiger partial charge in [-0.3, -0.25) is 4.79 Å². The highest BCUT2D eigenvalue weighted by Gasteiger charge is 2.10. The van der Waals surface area contributed by atoms with Crippen molar-refractivity contribution in [3.05, 3.63) is 59.4 Å². The lowest BCUT2D eigenvalue weighted by Crippen LogP contribution is -2.26. The fourth-order valence-corrected chi connectivity index (χ4v) is 3.18. The smallest absolute Gasteiger partial charge is 0.270 e. The zero-order valence-corrected chi connectivity index (χ0v) is 15.3. The van der Waals surface area contributed by atoms with E-state index in [0.29, 0.717) is 18.2 Å². The summed E-state index contributed by atoms with van der Waals surface area (Å²) in [7, 11) is 0. The normalized spacial score (nSPS) is 13.8. The quantitative estimate of drug-likeness (QED) is 0.726. The molecule has 1 aromatic heterocycles. The fraction of sp³-hybridized carbons (Fsp3) is 0.381. The average molecular weight is 350 g/mol. The molecule has 0 saturated carbocycles. The highest BCUT2D eigenvalue weighted by molar-refractivity contribution is 5.92. The number of carbonyl (C=O) groups excluding carboxylic acids is 1. The Hall–Kier alpha value is -2.69. The lowest BCUT2D eigenvalue weighted by Gasteiger charge is -2.13. The third-order valence-electron chi connectivity index (χ3n) is 4.65. The molecule has 0 unspecified atom stereocenters. The first kappa shape index (κ1) is 18.1. The number of nitrogens with one attached hydrogen (secondary N) is 2. The summed E-state index contributed by atoms with van der Waals surface area (Å²) in [5, 5.41) is 6.18. The van der Waals surface area contributed by atoms with Gasteiger partial charge in [-0.1, -0.05) is 36.8 Å². The molecule has 0 bridgehead atoms. The van der Waals surface area contributed by atoms with Gasteiger partial charge >= 0.3 is 0 Å². The summed E-state index contributed by atoms with van der Waals surface area (Å²) in [5.41, 5.74) is 4.00. The number of aromatic nitrogens is 2. The van der Waals surface area contributed by atoms with Crippen molar-refractivity contribution < 1.29 is 4.79 Å². The van der Waals surface area contributed by atoms with Crippen molar-refractivity contribution in [3.8, 4) is 0 Å². The first-order chi connectivity index (χ1) is 12.8. The molecule has 1 heterocycles. The van der Waals surface area contributed by atoms with Gasteiger partial charge in [-0.15, -0.1) is 0 Å². The minimum Gasteiger partial charge on any atom is -0.350 e. The molecule has 2 aromatic rings. The summed E-state index contributed by atoms with van der Waals surface area (Å²) in [6.07, 6.45) is 10.6. The van der Waals surface area contributed by atoms with Gasteiger partial charge < -0.3 is 10.6 Å². The number of anilines is 2. The molecule has 0 fully saturated rings. The maximum Gasteiger partial charge on any atom is 0.270 e. The van der Waals surface area contributed by atoms with Crippen molar-refractivity contribution in [2.75, 3.05) is 11.9 Å². The van der Waals surface area contributed by atoms with Gasteiger partial charge in [0.15, 0.2) is 0 Å². The van der Waals surface area contributed by atoms with Crippen LogP contribution < -0.4 is 10.6 Å². The molecule has 1 aliphatic carbocycles. The van der Waals surface area contributed by atoms with Crippen molar-refractivity contribution in [3.63, 3.8) is 0 Å². The van der Waals surface area contributed by atoms with Crippen LogP contribution in [0.4, 0.5) is 11.6 Å². The standard InChI is InChI=1S/C21H26N4O/c1-2-17-10-6-7-11-18(17)24-21-23-15-13-19(25-21)20(26)22-14-12-16-8-4-3-5-9-16/h6-8,10-11,13,15H,2-5,9,12,14H2,1H3,(H,22,26)(H,23,24,25). The SMILES string of the molecule is CCc1ccccc1Nc1nccc(C(=O)NCCC2=CCCCC2)n1. The molecule has 0 saturated heterocycles. The first-order valence-corrected chi connectivity index (χ1v) is 9.40. The van der Waals surface area contributed by atoms with Crippen LogP contribution >= 0.6 is 0 Å². The van der Waals surface area contributed by atoms with Gasteiger partial charge in [-0.2, -0.15) is 0 Å². The van der Waals surface area contributed by atoms with Crippen molar-refractivity contribution in [1.29, 1.82) is 0 Å². The van der Waals surface area contributed by atoms with Gasteiger partial charge in [-0.05, 0) is 56.2 Å². The molecule has 1 aliphatic rings. The Bertz CT molecular complexity index is 785. The van der Waals surface area contributed by atoms with Crippen LogP contribution in [-0.4, -0.2) is 22.4 Å². The van der Waals surface area contributed by atoms with Crippen molar-refractivity contribution in [2.45, 2.75) is 45.4 Å². The monoisotopic (exact) mass is 350 g/mol. The Labute approximate surface area is 155 Å². The Balaban J connectivity index is 1.59. The predicted octanol–water partition coefficient (Wildman–Crippen LogP) is 4.40. The lowest BCUT2D eigenvalue weighted by atomic mass is 9.97. The number of rotatable bonds is 7. The molecular weight excluding hydrogens is 324 g/mol. The van der Waals surface area contributed by atoms with Gasteiger partial charge in [0.1, 0.15) is 5.69 Å². The van der Waals surface area contributed by atoms with E-state index in [2.05, 4.69) is 39.7 Å². The third-order valence-corrected chi connectivity index (χ3v) is 4.65. The average Bonchev–Trinajstić information content (AvgIpc) is 2.69. The van der Waals surface area contributed by atoms with Crippen LogP contribution in [0.5, 0.6) is 0 Å². The van der Waals surface area contributed by atoms with E-state index in [4.69, 9.17) is 0 Å². The second kappa shape index (κ2) is 9.13. The van der Waals surface area contributed by atoms with Crippen molar-refractivity contribution in [2.24, 2.45) is 0 Å². The Kier molecular flexibility index (Phi) is 6.36. The van der Waals surface area contributed by atoms with Gasteiger partial charge in [0.25, 0.3) is 5.91 Å². The summed E-state index contributed by atoms with van der Waals surface area (Å²) < 4.78 is 0. The Morgan fingerprint density at radius 3 is 2.88 bits per heavy atom. The second-order valence-electron chi connectivity index (χ2n) is 6.52. The number of nitrogens with zero attached hydrogens (tertiary/aromatic N) is 2. The molecule has 2 N–H and O–H groups in total. The number of hydrogen-bond donors (Lipinski definition) is 2. The van der Waals surface area contributed by atoms with Gasteiger partial charge in [0.2, 0.25) is 5.95 Å². The summed E-state index contributed by atoms with van der Waals surface area (Å²) in [4.78, 5) is 21.0. The molecule has 1 aromatic carbocycles. The van der Waals surface area contributed by atoms with E-state index in [1.807, 2.05) is 18.2 Å². The van der Waals surface area contributed by atoms with E-state index in [-0.39, 0.29) is 5.91 Å². The second-order valence-corrected chi connectivity index (χ2v) is 6.52. The molecule has 3 rings (SSSR count). The number of carbonyl (C=O) groups is 1. The summed E-state index contributed by atoms with van der Waals surface area (Å²) in [6.45, 7) is 2.75. The summed E-state index contributed by atoms with van der Waals surface area (Å²) in [5.74, 6) is 0.282. The van der Waals surface area contributed by atoms with E-state index in [0.717, 1.165) is 24.9 Å². The van der Waals surface area contributed by atoms with E-state index in [1.54, 1.807) is 12.3 Å². The number of amides is 1. The number of allylic oxidation sites excluding steroid dienone is 1. The van der Waals surface area contributed by atoms with Crippen LogP contribution in [0.1, 0.15) is 55.1 Å². The van der Waals surface area contributed by atoms with Gasteiger partial charge in [-0.25, -0.2) is 9.97 Å². The largest absolute Gasteiger partial charge is 0.350 e. The lowest BCUT2D eigenvalue weighted by molar-refractivity contribution is 0.0949. The number of hydrogen-bond acceptors (Lipinski definition) is 4. The molecule has 0 radical (unpaired) electrons. The fourth-order valence-electron chi connectivity index (χ4n) is 3.18. The van der Waals surface area contributed by atoms with Crippen LogP contribution in [0, 0.1) is 0 Å². The molecule has 0 aliphatic heterocycles. The molecule has 0 spiro atoms. The molecular formula is C21H26N4O.